The molecule has 28 heavy (non-hydrogen) atoms. The van der Waals surface area contributed by atoms with Gasteiger partial charge < -0.3 is 14.4 Å². The highest BCUT2D eigenvalue weighted by Crippen LogP contribution is 2.31. The topological polar surface area (TPSA) is 89.6 Å². The molecule has 148 valence electrons. The van der Waals surface area contributed by atoms with Gasteiger partial charge in [-0.05, 0) is 50.8 Å². The largest absolute Gasteiger partial charge is 0.491 e. The van der Waals surface area contributed by atoms with Gasteiger partial charge in [0.1, 0.15) is 24.0 Å². The molecular formula is C21H26N4O3. The second kappa shape index (κ2) is 8.08. The van der Waals surface area contributed by atoms with Gasteiger partial charge in [-0.2, -0.15) is 10.5 Å². The van der Waals surface area contributed by atoms with Gasteiger partial charge >= 0.3 is 6.09 Å². The molecule has 0 aromatic heterocycles. The fourth-order valence-corrected chi connectivity index (χ4v) is 3.85. The monoisotopic (exact) mass is 382 g/mol. The van der Waals surface area contributed by atoms with E-state index in [1.807, 2.05) is 31.7 Å². The molecule has 3 rings (SSSR count). The number of hydrogen-bond donors (Lipinski definition) is 0. The Kier molecular flexibility index (Phi) is 5.76. The Morgan fingerprint density at radius 1 is 1.14 bits per heavy atom. The zero-order chi connectivity index (χ0) is 20.3. The third-order valence-electron chi connectivity index (χ3n) is 5.11. The standard InChI is InChI=1S/C21H26N4O3/c1-21(2,3)28-20(26)25-13-17-11-24(12-18(17)14-25)6-7-27-19-5-4-15(9-22)8-16(19)10-23/h4-5,8,17-18H,6-7,11-14H2,1-3H3. The molecular weight excluding hydrogens is 356 g/mol. The highest BCUT2D eigenvalue weighted by atomic mass is 16.6. The van der Waals surface area contributed by atoms with Gasteiger partial charge in [0.2, 0.25) is 0 Å². The lowest BCUT2D eigenvalue weighted by Crippen LogP contribution is -2.38. The van der Waals surface area contributed by atoms with E-state index < -0.39 is 5.60 Å². The Hall–Kier alpha value is -2.77. The van der Waals surface area contributed by atoms with Crippen LogP contribution in [0.5, 0.6) is 5.75 Å². The number of nitriles is 2. The van der Waals surface area contributed by atoms with Crippen molar-refractivity contribution in [2.75, 3.05) is 39.3 Å². The van der Waals surface area contributed by atoms with E-state index in [1.54, 1.807) is 18.2 Å². The summed E-state index contributed by atoms with van der Waals surface area (Å²) >= 11 is 0. The molecule has 1 aromatic carbocycles. The SMILES string of the molecule is CC(C)(C)OC(=O)N1CC2CN(CCOc3ccc(C#N)cc3C#N)CC2C1. The summed E-state index contributed by atoms with van der Waals surface area (Å²) in [5, 5.41) is 18.1. The summed E-state index contributed by atoms with van der Waals surface area (Å²) in [7, 11) is 0. The number of hydrogen-bond acceptors (Lipinski definition) is 6. The third-order valence-corrected chi connectivity index (χ3v) is 5.11. The van der Waals surface area contributed by atoms with Crippen LogP contribution in [-0.2, 0) is 4.74 Å². The van der Waals surface area contributed by atoms with Crippen LogP contribution >= 0.6 is 0 Å². The molecule has 2 saturated heterocycles. The molecule has 1 aromatic rings. The van der Waals surface area contributed by atoms with Crippen molar-refractivity contribution in [3.05, 3.63) is 29.3 Å². The Balaban J connectivity index is 1.45. The van der Waals surface area contributed by atoms with Crippen LogP contribution in [0.2, 0.25) is 0 Å². The molecule has 0 saturated carbocycles. The van der Waals surface area contributed by atoms with Crippen molar-refractivity contribution in [2.45, 2.75) is 26.4 Å². The van der Waals surface area contributed by atoms with Gasteiger partial charge in [0.05, 0.1) is 17.2 Å². The van der Waals surface area contributed by atoms with Crippen LogP contribution in [0.15, 0.2) is 18.2 Å². The molecule has 2 heterocycles. The molecule has 2 unspecified atom stereocenters. The van der Waals surface area contributed by atoms with Crippen molar-refractivity contribution in [1.82, 2.24) is 9.80 Å². The fraction of sp³-hybridized carbons (Fsp3) is 0.571. The van der Waals surface area contributed by atoms with Gasteiger partial charge in [0, 0.05) is 32.7 Å². The Morgan fingerprint density at radius 2 is 1.82 bits per heavy atom. The molecule has 1 amide bonds. The molecule has 2 fully saturated rings. The second-order valence-corrected chi connectivity index (χ2v) is 8.45. The normalized spacial score (nSPS) is 21.7. The van der Waals surface area contributed by atoms with Crippen LogP contribution in [0.4, 0.5) is 4.79 Å². The van der Waals surface area contributed by atoms with Crippen molar-refractivity contribution in [3.63, 3.8) is 0 Å². The average Bonchev–Trinajstić information content (AvgIpc) is 3.19. The lowest BCUT2D eigenvalue weighted by Gasteiger charge is -2.26. The maximum absolute atomic E-state index is 12.2. The number of benzene rings is 1. The van der Waals surface area contributed by atoms with Crippen molar-refractivity contribution in [1.29, 1.82) is 10.5 Å². The van der Waals surface area contributed by atoms with E-state index in [0.29, 0.717) is 35.3 Å². The van der Waals surface area contributed by atoms with Crippen molar-refractivity contribution in [2.24, 2.45) is 11.8 Å². The zero-order valence-corrected chi connectivity index (χ0v) is 16.6. The van der Waals surface area contributed by atoms with Crippen LogP contribution in [0.3, 0.4) is 0 Å². The predicted molar refractivity (Wildman–Crippen MR) is 103 cm³/mol. The molecule has 0 radical (unpaired) electrons. The number of carbonyl (C=O) groups excluding carboxylic acids is 1. The van der Waals surface area contributed by atoms with Crippen LogP contribution in [0, 0.1) is 34.5 Å². The minimum atomic E-state index is -0.466. The van der Waals surface area contributed by atoms with Gasteiger partial charge in [-0.25, -0.2) is 4.79 Å². The second-order valence-electron chi connectivity index (χ2n) is 8.45. The number of nitrogens with zero attached hydrogens (tertiary/aromatic N) is 4. The molecule has 0 aliphatic carbocycles. The van der Waals surface area contributed by atoms with Crippen LogP contribution in [0.25, 0.3) is 0 Å². The van der Waals surface area contributed by atoms with Crippen molar-refractivity contribution < 1.29 is 14.3 Å². The molecule has 0 bridgehead atoms. The van der Waals surface area contributed by atoms with Crippen molar-refractivity contribution >= 4 is 6.09 Å². The Labute approximate surface area is 166 Å². The van der Waals surface area contributed by atoms with E-state index in [1.165, 1.54) is 0 Å². The average molecular weight is 382 g/mol. The van der Waals surface area contributed by atoms with E-state index in [0.717, 1.165) is 32.7 Å². The molecule has 7 nitrogen and oxygen atoms in total. The Morgan fingerprint density at radius 3 is 2.39 bits per heavy atom. The molecule has 2 aliphatic rings. The molecule has 2 atom stereocenters. The number of ether oxygens (including phenoxy) is 2. The maximum atomic E-state index is 12.2. The molecule has 2 aliphatic heterocycles. The minimum Gasteiger partial charge on any atom is -0.491 e. The summed E-state index contributed by atoms with van der Waals surface area (Å²) in [4.78, 5) is 16.4. The van der Waals surface area contributed by atoms with Crippen LogP contribution < -0.4 is 4.74 Å². The van der Waals surface area contributed by atoms with Crippen LogP contribution in [0.1, 0.15) is 31.9 Å². The van der Waals surface area contributed by atoms with E-state index in [9.17, 15) is 10.1 Å². The number of likely N-dealkylation sites (tertiary alicyclic amines) is 2. The predicted octanol–water partition coefficient (Wildman–Crippen LogP) is 2.61. The van der Waals surface area contributed by atoms with Crippen molar-refractivity contribution in [3.8, 4) is 17.9 Å². The first-order chi connectivity index (χ1) is 13.3. The van der Waals surface area contributed by atoms with E-state index in [2.05, 4.69) is 11.0 Å². The third kappa shape index (κ3) is 4.74. The highest BCUT2D eigenvalue weighted by molar-refractivity contribution is 5.68. The quantitative estimate of drug-likeness (QED) is 0.795. The summed E-state index contributed by atoms with van der Waals surface area (Å²) in [5.74, 6) is 1.45. The summed E-state index contributed by atoms with van der Waals surface area (Å²) in [6.45, 7) is 10.3. The van der Waals surface area contributed by atoms with Gasteiger partial charge in [-0.1, -0.05) is 0 Å². The molecule has 7 heteroatoms. The molecule has 0 N–H and O–H groups in total. The van der Waals surface area contributed by atoms with Crippen LogP contribution in [-0.4, -0.2) is 60.8 Å². The number of fused-ring (bicyclic) bond motifs is 1. The van der Waals surface area contributed by atoms with Gasteiger partial charge in [0.15, 0.2) is 0 Å². The Bertz CT molecular complexity index is 804. The highest BCUT2D eigenvalue weighted by Gasteiger charge is 2.42. The van der Waals surface area contributed by atoms with Gasteiger partial charge in [0.25, 0.3) is 0 Å². The van der Waals surface area contributed by atoms with Gasteiger partial charge in [-0.3, -0.25) is 4.90 Å². The first-order valence-electron chi connectivity index (χ1n) is 9.56. The smallest absolute Gasteiger partial charge is 0.410 e. The summed E-state index contributed by atoms with van der Waals surface area (Å²) in [6.07, 6.45) is -0.221. The summed E-state index contributed by atoms with van der Waals surface area (Å²) in [6, 6.07) is 8.97. The lowest BCUT2D eigenvalue weighted by atomic mass is 10.0. The van der Waals surface area contributed by atoms with Gasteiger partial charge in [-0.15, -0.1) is 0 Å². The zero-order valence-electron chi connectivity index (χ0n) is 16.6. The lowest BCUT2D eigenvalue weighted by molar-refractivity contribution is 0.0273. The minimum absolute atomic E-state index is 0.221. The van der Waals surface area contributed by atoms with E-state index >= 15 is 0 Å². The number of carbonyl (C=O) groups is 1. The number of amides is 1. The fourth-order valence-electron chi connectivity index (χ4n) is 3.85. The van der Waals surface area contributed by atoms with E-state index in [4.69, 9.17) is 14.7 Å². The van der Waals surface area contributed by atoms with E-state index in [-0.39, 0.29) is 6.09 Å². The first-order valence-corrected chi connectivity index (χ1v) is 9.56. The maximum Gasteiger partial charge on any atom is 0.410 e. The first kappa shape index (κ1) is 20.0. The summed E-state index contributed by atoms with van der Waals surface area (Å²) in [5.41, 5.74) is 0.363. The number of rotatable bonds is 4. The molecule has 0 spiro atoms. The summed E-state index contributed by atoms with van der Waals surface area (Å²) < 4.78 is 11.2.